The predicted molar refractivity (Wildman–Crippen MR) is 31.1 cm³/mol. The summed E-state index contributed by atoms with van der Waals surface area (Å²) in [5.41, 5.74) is 0. The van der Waals surface area contributed by atoms with Crippen molar-refractivity contribution in [2.24, 2.45) is 0 Å². The molecule has 3 heterocycles. The Morgan fingerprint density at radius 2 is 0.583 bits per heavy atom. The van der Waals surface area contributed by atoms with E-state index in [9.17, 15) is 0 Å². The summed E-state index contributed by atoms with van der Waals surface area (Å²) in [4.78, 5) is 3.69. The Hall–Kier alpha value is 1.08. The molecule has 2 nitrogen and oxygen atoms in total. The minimum absolute atomic E-state index is 0. The Balaban J connectivity index is -0.000000202. The summed E-state index contributed by atoms with van der Waals surface area (Å²) in [6.45, 7) is 8.64. The van der Waals surface area contributed by atoms with E-state index in [4.69, 9.17) is 0 Å². The topological polar surface area (TPSA) is 8.88 Å². The van der Waals surface area contributed by atoms with Gasteiger partial charge in [-0.15, -0.1) is 0 Å². The minimum Gasteiger partial charge on any atom is -1.00 e. The van der Waals surface area contributed by atoms with Gasteiger partial charge in [-0.25, -0.2) is 0 Å². The molecule has 2 N–H and O–H groups in total. The quantitative estimate of drug-likeness (QED) is 0.426. The number of piperazine rings is 3. The molecule has 0 aliphatic carbocycles. The molecule has 0 aromatic heterocycles. The van der Waals surface area contributed by atoms with Crippen LogP contribution < -0.4 is 59.4 Å². The summed E-state index contributed by atoms with van der Waals surface area (Å²) in [5, 5.41) is 0. The molecule has 78 valence electrons. The Morgan fingerprint density at radius 3 is 0.667 bits per heavy atom. The highest BCUT2D eigenvalue weighted by Gasteiger charge is 2.29. The maximum atomic E-state index is 1.85. The van der Waals surface area contributed by atoms with E-state index in [1.165, 1.54) is 39.3 Å². The minimum atomic E-state index is 0. The average Bonchev–Trinajstić information content (AvgIpc) is 1.92. The standard InChI is InChI=1S/C6H12N2.4ClH/c1-2-8-5-3-7(1)4-6-8;;;;/h1-6H2;4*1H/p-2. The van der Waals surface area contributed by atoms with Gasteiger partial charge in [-0.1, -0.05) is 0 Å². The summed E-state index contributed by atoms with van der Waals surface area (Å²) in [6.07, 6.45) is 0. The normalized spacial score (nSPS) is 30.0. The molecule has 12 heavy (non-hydrogen) atoms. The highest BCUT2D eigenvalue weighted by atomic mass is 35.5. The van der Waals surface area contributed by atoms with Crippen molar-refractivity contribution in [1.29, 1.82) is 0 Å². The molecule has 3 aliphatic rings. The van der Waals surface area contributed by atoms with Crippen molar-refractivity contribution in [3.8, 4) is 0 Å². The van der Waals surface area contributed by atoms with Crippen LogP contribution in [0.15, 0.2) is 0 Å². The molecule has 0 unspecified atom stereocenters. The number of halogens is 4. The monoisotopic (exact) mass is 254 g/mol. The summed E-state index contributed by atoms with van der Waals surface area (Å²) in [5.74, 6) is 0. The van der Waals surface area contributed by atoms with E-state index in [2.05, 4.69) is 0 Å². The molecule has 2 bridgehead atoms. The van der Waals surface area contributed by atoms with Gasteiger partial charge in [-0.3, -0.25) is 0 Å². The van der Waals surface area contributed by atoms with Crippen molar-refractivity contribution in [3.05, 3.63) is 0 Å². The highest BCUT2D eigenvalue weighted by molar-refractivity contribution is 4.43. The van der Waals surface area contributed by atoms with E-state index in [-0.39, 0.29) is 49.6 Å². The molecule has 0 amide bonds. The average molecular weight is 256 g/mol. The van der Waals surface area contributed by atoms with Crippen molar-refractivity contribution in [3.63, 3.8) is 0 Å². The van der Waals surface area contributed by atoms with E-state index in [0.717, 1.165) is 0 Å². The fraction of sp³-hybridized carbons (Fsp3) is 1.00. The van der Waals surface area contributed by atoms with E-state index < -0.39 is 0 Å². The maximum Gasteiger partial charge on any atom is 0.127 e. The highest BCUT2D eigenvalue weighted by Crippen LogP contribution is 1.64. The zero-order valence-electron chi connectivity index (χ0n) is 6.75. The van der Waals surface area contributed by atoms with E-state index >= 15 is 0 Å². The van der Waals surface area contributed by atoms with Gasteiger partial charge in [0.15, 0.2) is 0 Å². The smallest absolute Gasteiger partial charge is 0.127 e. The van der Waals surface area contributed by atoms with Crippen molar-refractivity contribution in [2.75, 3.05) is 39.3 Å². The Kier molecular flexibility index (Phi) is 13.6. The molecule has 0 saturated carbocycles. The fourth-order valence-corrected chi connectivity index (χ4v) is 1.81. The first-order valence-corrected chi connectivity index (χ1v) is 3.62. The van der Waals surface area contributed by atoms with Gasteiger partial charge in [-0.05, 0) is 0 Å². The van der Waals surface area contributed by atoms with Crippen molar-refractivity contribution in [2.45, 2.75) is 0 Å². The van der Waals surface area contributed by atoms with Crippen molar-refractivity contribution < 1.29 is 59.4 Å². The summed E-state index contributed by atoms with van der Waals surface area (Å²) >= 11 is 0. The number of quaternary nitrogens is 2. The van der Waals surface area contributed by atoms with Crippen LogP contribution in [0.5, 0.6) is 0 Å². The predicted octanol–water partition coefficient (Wildman–Crippen LogP) is -15.2. The zero-order valence-corrected chi connectivity index (χ0v) is 9.78. The second-order valence-electron chi connectivity index (χ2n) is 3.00. The third-order valence-corrected chi connectivity index (χ3v) is 2.50. The molecular formula is C6H14Cl4N2-2. The van der Waals surface area contributed by atoms with Crippen LogP contribution in [0.25, 0.3) is 0 Å². The lowest BCUT2D eigenvalue weighted by Gasteiger charge is -2.35. The lowest BCUT2D eigenvalue weighted by molar-refractivity contribution is -1.06. The van der Waals surface area contributed by atoms with Gasteiger partial charge in [0, 0.05) is 0 Å². The maximum absolute atomic E-state index is 1.85. The summed E-state index contributed by atoms with van der Waals surface area (Å²) < 4.78 is 0. The third kappa shape index (κ3) is 4.35. The van der Waals surface area contributed by atoms with Crippen LogP contribution in [-0.4, -0.2) is 39.3 Å². The summed E-state index contributed by atoms with van der Waals surface area (Å²) in [6, 6.07) is 0. The number of nitrogens with one attached hydrogen (secondary N) is 2. The molecule has 0 radical (unpaired) electrons. The van der Waals surface area contributed by atoms with Crippen LogP contribution in [0.3, 0.4) is 0 Å². The number of hydrogen-bond donors (Lipinski definition) is 2. The molecule has 0 aromatic carbocycles. The molecule has 3 fully saturated rings. The van der Waals surface area contributed by atoms with Crippen LogP contribution in [0.4, 0.5) is 0 Å². The first kappa shape index (κ1) is 18.8. The molecule has 3 rings (SSSR count). The van der Waals surface area contributed by atoms with Gasteiger partial charge >= 0.3 is 0 Å². The van der Waals surface area contributed by atoms with Gasteiger partial charge in [-0.2, -0.15) is 0 Å². The summed E-state index contributed by atoms with van der Waals surface area (Å²) in [7, 11) is 0. The molecule has 0 spiro atoms. The first-order chi connectivity index (χ1) is 3.95. The zero-order chi connectivity index (χ0) is 5.40. The Morgan fingerprint density at radius 1 is 0.417 bits per heavy atom. The second-order valence-corrected chi connectivity index (χ2v) is 3.00. The molecular weight excluding hydrogens is 242 g/mol. The van der Waals surface area contributed by atoms with Crippen molar-refractivity contribution >= 4 is 0 Å². The molecule has 0 atom stereocenters. The number of rotatable bonds is 0. The Bertz CT molecular complexity index is 72.5. The molecule has 6 heteroatoms. The third-order valence-electron chi connectivity index (χ3n) is 2.50. The van der Waals surface area contributed by atoms with E-state index in [1.807, 2.05) is 9.80 Å². The molecule has 0 aromatic rings. The lowest BCUT2D eigenvalue weighted by Crippen LogP contribution is -3.35. The van der Waals surface area contributed by atoms with E-state index in [0.29, 0.717) is 0 Å². The molecule has 3 aliphatic heterocycles. The number of hydrogen-bond acceptors (Lipinski definition) is 0. The van der Waals surface area contributed by atoms with Crippen LogP contribution in [0.1, 0.15) is 0 Å². The van der Waals surface area contributed by atoms with Gasteiger partial charge in [0.05, 0.1) is 0 Å². The van der Waals surface area contributed by atoms with Gasteiger partial charge < -0.3 is 59.4 Å². The molecule has 3 saturated heterocycles. The van der Waals surface area contributed by atoms with Crippen LogP contribution in [-0.2, 0) is 0 Å². The number of fused-ring (bicyclic) bond motifs is 3. The lowest BCUT2D eigenvalue weighted by atomic mass is 10.2. The van der Waals surface area contributed by atoms with Crippen LogP contribution in [0.2, 0.25) is 0 Å². The van der Waals surface area contributed by atoms with Crippen LogP contribution >= 0.6 is 0 Å². The second kappa shape index (κ2) is 8.67. The van der Waals surface area contributed by atoms with Gasteiger partial charge in [0.1, 0.15) is 39.3 Å². The van der Waals surface area contributed by atoms with E-state index in [1.54, 1.807) is 0 Å². The van der Waals surface area contributed by atoms with Crippen LogP contribution in [0, 0.1) is 0 Å². The van der Waals surface area contributed by atoms with Gasteiger partial charge in [0.25, 0.3) is 0 Å². The first-order valence-electron chi connectivity index (χ1n) is 3.62. The fourth-order valence-electron chi connectivity index (χ4n) is 1.81. The SMILES string of the molecule is C1C[NH+]2CC[NH+]1CC2.[Cl-].[Cl-].[Cl-].[Cl-]. The largest absolute Gasteiger partial charge is 1.00 e. The Labute approximate surface area is 98.7 Å². The van der Waals surface area contributed by atoms with Crippen molar-refractivity contribution in [1.82, 2.24) is 0 Å². The van der Waals surface area contributed by atoms with Gasteiger partial charge in [0.2, 0.25) is 0 Å².